The molecule has 7 heteroatoms. The number of likely N-dealkylation sites (tertiary alicyclic amines) is 1. The molecule has 1 saturated heterocycles. The number of carbonyl (C=O) groups is 1. The van der Waals surface area contributed by atoms with Crippen LogP contribution in [0, 0.1) is 5.92 Å². The van der Waals surface area contributed by atoms with Gasteiger partial charge in [0.15, 0.2) is 11.5 Å². The van der Waals surface area contributed by atoms with Crippen LogP contribution in [-0.2, 0) is 6.42 Å². The molecule has 2 aliphatic heterocycles. The van der Waals surface area contributed by atoms with Crippen LogP contribution in [0.1, 0.15) is 25.3 Å². The maximum absolute atomic E-state index is 12.9. The van der Waals surface area contributed by atoms with Crippen LogP contribution >= 0.6 is 0 Å². The van der Waals surface area contributed by atoms with Crippen molar-refractivity contribution in [3.8, 4) is 17.2 Å². The minimum atomic E-state index is -0.0696. The molecule has 4 rings (SSSR count). The fourth-order valence-corrected chi connectivity index (χ4v) is 4.46. The summed E-state index contributed by atoms with van der Waals surface area (Å²) in [5.41, 5.74) is 2.02. The fraction of sp³-hybridized carbons (Fsp3) is 0.480. The molecule has 172 valence electrons. The zero-order valence-electron chi connectivity index (χ0n) is 19.0. The highest BCUT2D eigenvalue weighted by Crippen LogP contribution is 2.34. The van der Waals surface area contributed by atoms with Crippen molar-refractivity contribution in [2.45, 2.75) is 26.2 Å². The van der Waals surface area contributed by atoms with Gasteiger partial charge in [-0.15, -0.1) is 0 Å². The zero-order valence-corrected chi connectivity index (χ0v) is 19.0. The topological polar surface area (TPSA) is 63.3 Å². The largest absolute Gasteiger partial charge is 0.497 e. The first-order valence-electron chi connectivity index (χ1n) is 11.5. The zero-order chi connectivity index (χ0) is 22.3. The third-order valence-corrected chi connectivity index (χ3v) is 6.23. The number of urea groups is 1. The highest BCUT2D eigenvalue weighted by Gasteiger charge is 2.24. The van der Waals surface area contributed by atoms with Crippen molar-refractivity contribution < 1.29 is 19.0 Å². The number of hydrogen-bond acceptors (Lipinski definition) is 5. The number of nitrogens with one attached hydrogen (secondary N) is 1. The number of benzene rings is 2. The molecule has 1 N–H and O–H groups in total. The van der Waals surface area contributed by atoms with Gasteiger partial charge >= 0.3 is 6.03 Å². The second-order valence-electron chi connectivity index (χ2n) is 8.45. The number of rotatable bonds is 8. The summed E-state index contributed by atoms with van der Waals surface area (Å²) >= 11 is 0. The van der Waals surface area contributed by atoms with Gasteiger partial charge in [-0.3, -0.25) is 0 Å². The Morgan fingerprint density at radius 2 is 2.09 bits per heavy atom. The molecule has 0 spiro atoms. The molecule has 2 aromatic carbocycles. The van der Waals surface area contributed by atoms with E-state index in [9.17, 15) is 4.79 Å². The second kappa shape index (κ2) is 10.6. The number of fused-ring (bicyclic) bond motifs is 1. The van der Waals surface area contributed by atoms with Crippen molar-refractivity contribution in [1.29, 1.82) is 0 Å². The van der Waals surface area contributed by atoms with Gasteiger partial charge in [0.2, 0.25) is 6.79 Å². The fourth-order valence-electron chi connectivity index (χ4n) is 4.46. The summed E-state index contributed by atoms with van der Waals surface area (Å²) in [5.74, 6) is 2.78. The minimum Gasteiger partial charge on any atom is -0.497 e. The molecule has 32 heavy (non-hydrogen) atoms. The molecule has 0 radical (unpaired) electrons. The molecule has 0 bridgehead atoms. The molecule has 2 heterocycles. The SMILES string of the molecule is CCN(CC1CCCN(CCc2cccc(OC)c2)C1)C(=O)Nc1ccc2c(c1)OCO2. The van der Waals surface area contributed by atoms with E-state index in [2.05, 4.69) is 22.3 Å². The predicted octanol–water partition coefficient (Wildman–Crippen LogP) is 4.23. The molecule has 2 amide bonds. The van der Waals surface area contributed by atoms with E-state index in [0.29, 0.717) is 24.0 Å². The Hall–Kier alpha value is -2.93. The molecule has 1 fully saturated rings. The summed E-state index contributed by atoms with van der Waals surface area (Å²) in [5, 5.41) is 3.01. The highest BCUT2D eigenvalue weighted by molar-refractivity contribution is 5.89. The van der Waals surface area contributed by atoms with Crippen LogP contribution in [0.2, 0.25) is 0 Å². The summed E-state index contributed by atoms with van der Waals surface area (Å²) in [6.07, 6.45) is 3.33. The van der Waals surface area contributed by atoms with Gasteiger partial charge in [0.05, 0.1) is 7.11 Å². The van der Waals surface area contributed by atoms with E-state index in [-0.39, 0.29) is 12.8 Å². The number of methoxy groups -OCH3 is 1. The van der Waals surface area contributed by atoms with Gasteiger partial charge < -0.3 is 29.3 Å². The van der Waals surface area contributed by atoms with Crippen LogP contribution in [0.5, 0.6) is 17.2 Å². The predicted molar refractivity (Wildman–Crippen MR) is 125 cm³/mol. The lowest BCUT2D eigenvalue weighted by Gasteiger charge is -2.35. The van der Waals surface area contributed by atoms with Crippen LogP contribution in [0.3, 0.4) is 0 Å². The number of nitrogens with zero attached hydrogens (tertiary/aromatic N) is 2. The average Bonchev–Trinajstić information content (AvgIpc) is 3.29. The summed E-state index contributed by atoms with van der Waals surface area (Å²) in [4.78, 5) is 17.3. The van der Waals surface area contributed by atoms with Gasteiger partial charge in [0, 0.05) is 37.9 Å². The molecule has 1 atom stereocenters. The molecular weight excluding hydrogens is 406 g/mol. The maximum Gasteiger partial charge on any atom is 0.321 e. The minimum absolute atomic E-state index is 0.0696. The number of ether oxygens (including phenoxy) is 3. The lowest BCUT2D eigenvalue weighted by Crippen LogP contribution is -2.44. The highest BCUT2D eigenvalue weighted by atomic mass is 16.7. The first-order chi connectivity index (χ1) is 15.6. The van der Waals surface area contributed by atoms with E-state index in [1.165, 1.54) is 12.0 Å². The first kappa shape index (κ1) is 22.3. The van der Waals surface area contributed by atoms with Crippen molar-refractivity contribution in [3.05, 3.63) is 48.0 Å². The summed E-state index contributed by atoms with van der Waals surface area (Å²) in [6, 6.07) is 13.7. The standard InChI is InChI=1S/C25H33N3O4/c1-3-28(25(29)26-21-9-10-23-24(15-21)32-18-31-23)17-20-7-5-12-27(16-20)13-11-19-6-4-8-22(14-19)30-2/h4,6,8-10,14-15,20H,3,5,7,11-13,16-18H2,1-2H3,(H,26,29). The normalized spacial score (nSPS) is 17.8. The summed E-state index contributed by atoms with van der Waals surface area (Å²) in [6.45, 7) is 6.87. The molecule has 1 unspecified atom stereocenters. The summed E-state index contributed by atoms with van der Waals surface area (Å²) in [7, 11) is 1.70. The lowest BCUT2D eigenvalue weighted by molar-refractivity contribution is 0.144. The van der Waals surface area contributed by atoms with Crippen LogP contribution in [0.15, 0.2) is 42.5 Å². The van der Waals surface area contributed by atoms with Crippen LogP contribution in [0.4, 0.5) is 10.5 Å². The van der Waals surface area contributed by atoms with Gasteiger partial charge in [0.1, 0.15) is 5.75 Å². The van der Waals surface area contributed by atoms with Crippen molar-refractivity contribution in [3.63, 3.8) is 0 Å². The van der Waals surface area contributed by atoms with E-state index >= 15 is 0 Å². The molecule has 2 aliphatic rings. The Balaban J connectivity index is 1.28. The average molecular weight is 440 g/mol. The Bertz CT molecular complexity index is 920. The Kier molecular flexibility index (Phi) is 7.37. The number of piperidine rings is 1. The van der Waals surface area contributed by atoms with Gasteiger partial charge in [-0.25, -0.2) is 4.79 Å². The van der Waals surface area contributed by atoms with Gasteiger partial charge in [-0.05, 0) is 68.5 Å². The molecule has 0 aliphatic carbocycles. The molecule has 2 aromatic rings. The third-order valence-electron chi connectivity index (χ3n) is 6.23. The van der Waals surface area contributed by atoms with Crippen LogP contribution in [-0.4, -0.2) is 62.5 Å². The molecule has 7 nitrogen and oxygen atoms in total. The maximum atomic E-state index is 12.9. The van der Waals surface area contributed by atoms with Crippen molar-refractivity contribution >= 4 is 11.7 Å². The van der Waals surface area contributed by atoms with E-state index in [0.717, 1.165) is 50.5 Å². The number of carbonyl (C=O) groups excluding carboxylic acids is 1. The molecule has 0 aromatic heterocycles. The van der Waals surface area contributed by atoms with Crippen LogP contribution < -0.4 is 19.5 Å². The quantitative estimate of drug-likeness (QED) is 0.667. The van der Waals surface area contributed by atoms with Gasteiger partial charge in [-0.1, -0.05) is 12.1 Å². The van der Waals surface area contributed by atoms with Crippen molar-refractivity contribution in [1.82, 2.24) is 9.80 Å². The number of hydrogen-bond donors (Lipinski definition) is 1. The Morgan fingerprint density at radius 3 is 2.94 bits per heavy atom. The monoisotopic (exact) mass is 439 g/mol. The van der Waals surface area contributed by atoms with Crippen LogP contribution in [0.25, 0.3) is 0 Å². The smallest absolute Gasteiger partial charge is 0.321 e. The summed E-state index contributed by atoms with van der Waals surface area (Å²) < 4.78 is 16.1. The molecule has 0 saturated carbocycles. The lowest BCUT2D eigenvalue weighted by atomic mass is 9.97. The van der Waals surface area contributed by atoms with Gasteiger partial charge in [0.25, 0.3) is 0 Å². The second-order valence-corrected chi connectivity index (χ2v) is 8.45. The first-order valence-corrected chi connectivity index (χ1v) is 11.5. The third kappa shape index (κ3) is 5.65. The van der Waals surface area contributed by atoms with E-state index in [1.54, 1.807) is 7.11 Å². The van der Waals surface area contributed by atoms with Crippen molar-refractivity contribution in [2.75, 3.05) is 51.9 Å². The van der Waals surface area contributed by atoms with Crippen molar-refractivity contribution in [2.24, 2.45) is 5.92 Å². The number of amides is 2. The number of anilines is 1. The van der Waals surface area contributed by atoms with E-state index in [1.807, 2.05) is 42.2 Å². The van der Waals surface area contributed by atoms with E-state index in [4.69, 9.17) is 14.2 Å². The Labute approximate surface area is 190 Å². The van der Waals surface area contributed by atoms with E-state index < -0.39 is 0 Å². The Morgan fingerprint density at radius 1 is 1.22 bits per heavy atom. The van der Waals surface area contributed by atoms with Gasteiger partial charge in [-0.2, -0.15) is 0 Å². The molecular formula is C25H33N3O4.